The number of hydrogen-bond donors (Lipinski definition) is 1. The summed E-state index contributed by atoms with van der Waals surface area (Å²) >= 11 is 0. The SMILES string of the molecule is CCC(C)n1ccc(CNc2ccc(F)c(C#N)c2)n1. The molecule has 1 aromatic carbocycles. The molecule has 0 aliphatic rings. The van der Waals surface area contributed by atoms with Crippen molar-refractivity contribution in [2.45, 2.75) is 32.9 Å². The van der Waals surface area contributed by atoms with Crippen LogP contribution in [-0.4, -0.2) is 9.78 Å². The third kappa shape index (κ3) is 3.15. The van der Waals surface area contributed by atoms with Crippen molar-refractivity contribution >= 4 is 5.69 Å². The zero-order valence-corrected chi connectivity index (χ0v) is 11.6. The van der Waals surface area contributed by atoms with Gasteiger partial charge in [0, 0.05) is 17.9 Å². The van der Waals surface area contributed by atoms with Crippen LogP contribution in [-0.2, 0) is 6.54 Å². The third-order valence-corrected chi connectivity index (χ3v) is 3.27. The Balaban J connectivity index is 2.02. The highest BCUT2D eigenvalue weighted by molar-refractivity contribution is 5.49. The van der Waals surface area contributed by atoms with Gasteiger partial charge >= 0.3 is 0 Å². The number of nitrogens with one attached hydrogen (secondary N) is 1. The van der Waals surface area contributed by atoms with Gasteiger partial charge in [-0.1, -0.05) is 6.92 Å². The number of nitriles is 1. The largest absolute Gasteiger partial charge is 0.379 e. The van der Waals surface area contributed by atoms with Crippen LogP contribution in [0.15, 0.2) is 30.5 Å². The molecule has 1 heterocycles. The molecule has 0 fully saturated rings. The van der Waals surface area contributed by atoms with Gasteiger partial charge in [-0.25, -0.2) is 4.39 Å². The monoisotopic (exact) mass is 272 g/mol. The van der Waals surface area contributed by atoms with E-state index in [0.29, 0.717) is 18.3 Å². The summed E-state index contributed by atoms with van der Waals surface area (Å²) < 4.78 is 15.1. The maximum Gasteiger partial charge on any atom is 0.141 e. The zero-order valence-electron chi connectivity index (χ0n) is 11.6. The molecule has 2 rings (SSSR count). The van der Waals surface area contributed by atoms with Crippen molar-refractivity contribution in [3.8, 4) is 6.07 Å². The molecule has 1 unspecified atom stereocenters. The minimum absolute atomic E-state index is 0.0418. The van der Waals surface area contributed by atoms with Crippen LogP contribution in [0.1, 0.15) is 37.6 Å². The first-order valence-electron chi connectivity index (χ1n) is 6.61. The lowest BCUT2D eigenvalue weighted by molar-refractivity contribution is 0.474. The van der Waals surface area contributed by atoms with Gasteiger partial charge < -0.3 is 5.32 Å². The number of halogens is 1. The van der Waals surface area contributed by atoms with E-state index in [4.69, 9.17) is 5.26 Å². The molecule has 5 heteroatoms. The van der Waals surface area contributed by atoms with Crippen molar-refractivity contribution in [3.63, 3.8) is 0 Å². The lowest BCUT2D eigenvalue weighted by atomic mass is 10.2. The summed E-state index contributed by atoms with van der Waals surface area (Å²) in [6, 6.07) is 8.56. The molecule has 0 radical (unpaired) electrons. The minimum Gasteiger partial charge on any atom is -0.379 e. The number of nitrogens with zero attached hydrogens (tertiary/aromatic N) is 3. The smallest absolute Gasteiger partial charge is 0.141 e. The molecule has 1 atom stereocenters. The quantitative estimate of drug-likeness (QED) is 0.906. The summed E-state index contributed by atoms with van der Waals surface area (Å²) in [5.41, 5.74) is 1.66. The Bertz CT molecular complexity index is 627. The number of benzene rings is 1. The highest BCUT2D eigenvalue weighted by atomic mass is 19.1. The van der Waals surface area contributed by atoms with Crippen molar-refractivity contribution in [1.29, 1.82) is 5.26 Å². The predicted molar refractivity (Wildman–Crippen MR) is 75.7 cm³/mol. The Morgan fingerprint density at radius 1 is 1.45 bits per heavy atom. The van der Waals surface area contributed by atoms with Gasteiger partial charge in [0.05, 0.1) is 17.8 Å². The molecule has 0 bridgehead atoms. The lowest BCUT2D eigenvalue weighted by Crippen LogP contribution is -2.06. The van der Waals surface area contributed by atoms with Gasteiger partial charge in [-0.2, -0.15) is 10.4 Å². The molecule has 20 heavy (non-hydrogen) atoms. The Labute approximate surface area is 117 Å². The van der Waals surface area contributed by atoms with Crippen LogP contribution in [0, 0.1) is 17.1 Å². The van der Waals surface area contributed by atoms with Gasteiger partial charge in [0.15, 0.2) is 0 Å². The van der Waals surface area contributed by atoms with E-state index in [1.54, 1.807) is 6.07 Å². The van der Waals surface area contributed by atoms with Gasteiger partial charge in [0.1, 0.15) is 11.9 Å². The fourth-order valence-electron chi connectivity index (χ4n) is 1.82. The Hall–Kier alpha value is -2.35. The first kappa shape index (κ1) is 14.1. The molecule has 0 amide bonds. The first-order chi connectivity index (χ1) is 9.63. The number of anilines is 1. The van der Waals surface area contributed by atoms with Crippen LogP contribution in [0.5, 0.6) is 0 Å². The molecule has 2 aromatic rings. The van der Waals surface area contributed by atoms with Gasteiger partial charge in [-0.05, 0) is 37.6 Å². The molecule has 1 aromatic heterocycles. The number of hydrogen-bond acceptors (Lipinski definition) is 3. The van der Waals surface area contributed by atoms with Gasteiger partial charge in [0.25, 0.3) is 0 Å². The molecule has 0 saturated heterocycles. The third-order valence-electron chi connectivity index (χ3n) is 3.27. The summed E-state index contributed by atoms with van der Waals surface area (Å²) in [6.45, 7) is 4.77. The Morgan fingerprint density at radius 2 is 2.25 bits per heavy atom. The van der Waals surface area contributed by atoms with E-state index in [-0.39, 0.29) is 5.56 Å². The van der Waals surface area contributed by atoms with E-state index in [0.717, 1.165) is 12.1 Å². The van der Waals surface area contributed by atoms with Crippen molar-refractivity contribution < 1.29 is 4.39 Å². The van der Waals surface area contributed by atoms with Gasteiger partial charge in [0.2, 0.25) is 0 Å². The topological polar surface area (TPSA) is 53.6 Å². The van der Waals surface area contributed by atoms with Crippen LogP contribution >= 0.6 is 0 Å². The van der Waals surface area contributed by atoms with E-state index >= 15 is 0 Å². The summed E-state index contributed by atoms with van der Waals surface area (Å²) in [5.74, 6) is -0.501. The summed E-state index contributed by atoms with van der Waals surface area (Å²) in [5, 5.41) is 16.4. The highest BCUT2D eigenvalue weighted by Gasteiger charge is 2.06. The first-order valence-corrected chi connectivity index (χ1v) is 6.61. The van der Waals surface area contributed by atoms with E-state index in [9.17, 15) is 4.39 Å². The fraction of sp³-hybridized carbons (Fsp3) is 0.333. The Kier molecular flexibility index (Phi) is 4.36. The highest BCUT2D eigenvalue weighted by Crippen LogP contribution is 2.15. The summed E-state index contributed by atoms with van der Waals surface area (Å²) in [4.78, 5) is 0. The second-order valence-corrected chi connectivity index (χ2v) is 4.70. The number of aromatic nitrogens is 2. The maximum absolute atomic E-state index is 13.2. The average molecular weight is 272 g/mol. The molecule has 0 saturated carbocycles. The Morgan fingerprint density at radius 3 is 2.95 bits per heavy atom. The lowest BCUT2D eigenvalue weighted by Gasteiger charge is -2.08. The van der Waals surface area contributed by atoms with Crippen molar-refractivity contribution in [1.82, 2.24) is 9.78 Å². The number of rotatable bonds is 5. The van der Waals surface area contributed by atoms with Crippen molar-refractivity contribution in [2.75, 3.05) is 5.32 Å². The summed E-state index contributed by atoms with van der Waals surface area (Å²) in [7, 11) is 0. The van der Waals surface area contributed by atoms with Gasteiger partial charge in [-0.15, -0.1) is 0 Å². The van der Waals surface area contributed by atoms with Crippen LogP contribution in [0.4, 0.5) is 10.1 Å². The van der Waals surface area contributed by atoms with E-state index in [2.05, 4.69) is 24.3 Å². The average Bonchev–Trinajstić information content (AvgIpc) is 2.94. The van der Waals surface area contributed by atoms with Crippen LogP contribution in [0.3, 0.4) is 0 Å². The zero-order chi connectivity index (χ0) is 14.5. The van der Waals surface area contributed by atoms with E-state index in [1.165, 1.54) is 12.1 Å². The second kappa shape index (κ2) is 6.20. The molecule has 0 aliphatic heterocycles. The second-order valence-electron chi connectivity index (χ2n) is 4.70. The molecule has 104 valence electrons. The van der Waals surface area contributed by atoms with Crippen molar-refractivity contribution in [2.24, 2.45) is 0 Å². The van der Waals surface area contributed by atoms with Gasteiger partial charge in [-0.3, -0.25) is 4.68 Å². The summed E-state index contributed by atoms with van der Waals surface area (Å²) in [6.07, 6.45) is 2.98. The standard InChI is InChI=1S/C15H17FN4/c1-3-11(2)20-7-6-14(19-20)10-18-13-4-5-15(16)12(8-13)9-17/h4-8,11,18H,3,10H2,1-2H3. The van der Waals surface area contributed by atoms with Crippen LogP contribution in [0.25, 0.3) is 0 Å². The molecule has 1 N–H and O–H groups in total. The maximum atomic E-state index is 13.2. The molecule has 0 aliphatic carbocycles. The fourth-order valence-corrected chi connectivity index (χ4v) is 1.82. The molecular weight excluding hydrogens is 255 g/mol. The normalized spacial score (nSPS) is 11.9. The van der Waals surface area contributed by atoms with Crippen LogP contribution < -0.4 is 5.32 Å². The minimum atomic E-state index is -0.501. The molecular formula is C15H17FN4. The molecule has 4 nitrogen and oxygen atoms in total. The van der Waals surface area contributed by atoms with Crippen LogP contribution in [0.2, 0.25) is 0 Å². The van der Waals surface area contributed by atoms with E-state index in [1.807, 2.05) is 23.0 Å². The molecule has 0 spiro atoms. The van der Waals surface area contributed by atoms with E-state index < -0.39 is 5.82 Å². The predicted octanol–water partition coefficient (Wildman–Crippen LogP) is 3.48. The van der Waals surface area contributed by atoms with Crippen molar-refractivity contribution in [3.05, 3.63) is 47.5 Å².